The number of piperidine rings is 1. The molecule has 0 N–H and O–H groups in total. The van der Waals surface area contributed by atoms with E-state index >= 15 is 0 Å². The molecular formula is C20H23N5O. The van der Waals surface area contributed by atoms with Crippen molar-refractivity contribution in [1.82, 2.24) is 25.0 Å². The Morgan fingerprint density at radius 1 is 1.08 bits per heavy atom. The van der Waals surface area contributed by atoms with Crippen molar-refractivity contribution in [1.29, 1.82) is 0 Å². The summed E-state index contributed by atoms with van der Waals surface area (Å²) in [7, 11) is 0. The highest BCUT2D eigenvalue weighted by atomic mass is 16.5. The number of benzene rings is 1. The number of nitrogens with zero attached hydrogens (tertiary/aromatic N) is 5. The first-order valence-electron chi connectivity index (χ1n) is 9.08. The Morgan fingerprint density at radius 2 is 1.88 bits per heavy atom. The highest BCUT2D eigenvalue weighted by Crippen LogP contribution is 2.28. The van der Waals surface area contributed by atoms with E-state index in [1.807, 2.05) is 6.92 Å². The maximum absolute atomic E-state index is 5.40. The monoisotopic (exact) mass is 349 g/mol. The van der Waals surface area contributed by atoms with Crippen molar-refractivity contribution in [2.45, 2.75) is 39.2 Å². The van der Waals surface area contributed by atoms with Gasteiger partial charge in [-0.1, -0.05) is 29.4 Å². The molecule has 6 nitrogen and oxygen atoms in total. The van der Waals surface area contributed by atoms with Crippen molar-refractivity contribution in [2.75, 3.05) is 13.1 Å². The molecule has 0 spiro atoms. The first-order valence-corrected chi connectivity index (χ1v) is 9.08. The van der Waals surface area contributed by atoms with Gasteiger partial charge in [0.05, 0.1) is 11.9 Å². The van der Waals surface area contributed by atoms with Crippen molar-refractivity contribution in [3.05, 3.63) is 59.3 Å². The lowest BCUT2D eigenvalue weighted by Gasteiger charge is -2.30. The molecule has 3 heterocycles. The minimum atomic E-state index is 0.346. The second kappa shape index (κ2) is 7.33. The van der Waals surface area contributed by atoms with Gasteiger partial charge in [0.1, 0.15) is 5.69 Å². The van der Waals surface area contributed by atoms with Gasteiger partial charge >= 0.3 is 0 Å². The molecule has 3 aromatic rings. The van der Waals surface area contributed by atoms with Crippen molar-refractivity contribution in [3.63, 3.8) is 0 Å². The first kappa shape index (κ1) is 16.8. The zero-order valence-corrected chi connectivity index (χ0v) is 15.2. The van der Waals surface area contributed by atoms with Gasteiger partial charge in [-0.05, 0) is 50.9 Å². The second-order valence-corrected chi connectivity index (χ2v) is 6.98. The van der Waals surface area contributed by atoms with Crippen LogP contribution < -0.4 is 0 Å². The first-order chi connectivity index (χ1) is 12.7. The molecule has 1 aliphatic rings. The Bertz CT molecular complexity index is 866. The lowest BCUT2D eigenvalue weighted by atomic mass is 9.95. The standard InChI is InChI=1S/C20H23N5O/c1-14-5-3-4-6-17(14)13-25-9-7-16(8-10-25)19-23-20(26-24-19)18-12-21-15(2)11-22-18/h3-6,11-12,16H,7-10,13H2,1-2H3. The molecule has 1 fully saturated rings. The molecule has 1 aliphatic heterocycles. The van der Waals surface area contributed by atoms with Gasteiger partial charge in [-0.15, -0.1) is 0 Å². The summed E-state index contributed by atoms with van der Waals surface area (Å²) in [4.78, 5) is 15.6. The Morgan fingerprint density at radius 3 is 2.62 bits per heavy atom. The van der Waals surface area contributed by atoms with E-state index in [1.54, 1.807) is 12.4 Å². The predicted molar refractivity (Wildman–Crippen MR) is 98.5 cm³/mol. The van der Waals surface area contributed by atoms with E-state index in [-0.39, 0.29) is 0 Å². The summed E-state index contributed by atoms with van der Waals surface area (Å²) in [5.74, 6) is 1.59. The summed E-state index contributed by atoms with van der Waals surface area (Å²) in [6, 6.07) is 8.60. The van der Waals surface area contributed by atoms with Crippen LogP contribution in [0.1, 0.15) is 41.4 Å². The van der Waals surface area contributed by atoms with Gasteiger partial charge in [0.2, 0.25) is 0 Å². The zero-order chi connectivity index (χ0) is 17.9. The third-order valence-corrected chi connectivity index (χ3v) is 5.05. The minimum absolute atomic E-state index is 0.346. The van der Waals surface area contributed by atoms with E-state index < -0.39 is 0 Å². The van der Waals surface area contributed by atoms with Crippen LogP contribution in [0.25, 0.3) is 11.6 Å². The third kappa shape index (κ3) is 3.65. The van der Waals surface area contributed by atoms with E-state index in [2.05, 4.69) is 56.2 Å². The maximum Gasteiger partial charge on any atom is 0.278 e. The van der Waals surface area contributed by atoms with Crippen molar-refractivity contribution < 1.29 is 4.52 Å². The summed E-state index contributed by atoms with van der Waals surface area (Å²) < 4.78 is 5.40. The van der Waals surface area contributed by atoms with Crippen LogP contribution >= 0.6 is 0 Å². The molecule has 0 aliphatic carbocycles. The Balaban J connectivity index is 1.38. The van der Waals surface area contributed by atoms with E-state index in [1.165, 1.54) is 11.1 Å². The molecule has 4 rings (SSSR count). The van der Waals surface area contributed by atoms with Crippen molar-refractivity contribution in [2.24, 2.45) is 0 Å². The SMILES string of the molecule is Cc1cnc(-c2nc(C3CCN(Cc4ccccc4C)CC3)no2)cn1. The summed E-state index contributed by atoms with van der Waals surface area (Å²) in [5.41, 5.74) is 4.27. The predicted octanol–water partition coefficient (Wildman–Crippen LogP) is 3.52. The van der Waals surface area contributed by atoms with E-state index in [9.17, 15) is 0 Å². The number of hydrogen-bond donors (Lipinski definition) is 0. The molecule has 0 atom stereocenters. The van der Waals surface area contributed by atoms with Gasteiger partial charge in [-0.2, -0.15) is 4.98 Å². The maximum atomic E-state index is 5.40. The van der Waals surface area contributed by atoms with Gasteiger partial charge in [-0.25, -0.2) is 4.98 Å². The molecule has 0 saturated carbocycles. The van der Waals surface area contributed by atoms with Crippen LogP contribution in [0.3, 0.4) is 0 Å². The molecule has 0 radical (unpaired) electrons. The molecular weight excluding hydrogens is 326 g/mol. The summed E-state index contributed by atoms with van der Waals surface area (Å²) in [6.07, 6.45) is 5.48. The highest BCUT2D eigenvalue weighted by Gasteiger charge is 2.25. The zero-order valence-electron chi connectivity index (χ0n) is 15.2. The number of aromatic nitrogens is 4. The van der Waals surface area contributed by atoms with Crippen LogP contribution in [-0.2, 0) is 6.54 Å². The molecule has 0 unspecified atom stereocenters. The van der Waals surface area contributed by atoms with Crippen LogP contribution in [-0.4, -0.2) is 38.1 Å². The molecule has 0 amide bonds. The van der Waals surface area contributed by atoms with Crippen LogP contribution in [0, 0.1) is 13.8 Å². The van der Waals surface area contributed by atoms with Gasteiger partial charge in [0.25, 0.3) is 5.89 Å². The van der Waals surface area contributed by atoms with Crippen LogP contribution in [0.15, 0.2) is 41.2 Å². The molecule has 2 aromatic heterocycles. The number of aryl methyl sites for hydroxylation is 2. The summed E-state index contributed by atoms with van der Waals surface area (Å²) >= 11 is 0. The molecule has 6 heteroatoms. The number of rotatable bonds is 4. The fourth-order valence-electron chi connectivity index (χ4n) is 3.39. The number of likely N-dealkylation sites (tertiary alicyclic amines) is 1. The summed E-state index contributed by atoms with van der Waals surface area (Å²) in [5, 5.41) is 4.19. The average molecular weight is 349 g/mol. The molecule has 1 saturated heterocycles. The van der Waals surface area contributed by atoms with Gasteiger partial charge < -0.3 is 4.52 Å². The van der Waals surface area contributed by atoms with Gasteiger partial charge in [0, 0.05) is 18.7 Å². The van der Waals surface area contributed by atoms with Gasteiger partial charge in [-0.3, -0.25) is 9.88 Å². The van der Waals surface area contributed by atoms with Gasteiger partial charge in [0.15, 0.2) is 5.82 Å². The second-order valence-electron chi connectivity index (χ2n) is 6.98. The topological polar surface area (TPSA) is 67.9 Å². The quantitative estimate of drug-likeness (QED) is 0.718. The lowest BCUT2D eigenvalue weighted by molar-refractivity contribution is 0.200. The smallest absolute Gasteiger partial charge is 0.278 e. The average Bonchev–Trinajstić information content (AvgIpc) is 3.15. The minimum Gasteiger partial charge on any atom is -0.332 e. The largest absolute Gasteiger partial charge is 0.332 e. The van der Waals surface area contributed by atoms with Crippen LogP contribution in [0.2, 0.25) is 0 Å². The van der Waals surface area contributed by atoms with Crippen LogP contribution in [0.4, 0.5) is 0 Å². The Labute approximate surface area is 153 Å². The van der Waals surface area contributed by atoms with E-state index in [4.69, 9.17) is 4.52 Å². The highest BCUT2D eigenvalue weighted by molar-refractivity contribution is 5.44. The van der Waals surface area contributed by atoms with Crippen LogP contribution in [0.5, 0.6) is 0 Å². The van der Waals surface area contributed by atoms with E-state index in [0.717, 1.165) is 44.0 Å². The Kier molecular flexibility index (Phi) is 4.75. The van der Waals surface area contributed by atoms with Crippen molar-refractivity contribution >= 4 is 0 Å². The summed E-state index contributed by atoms with van der Waals surface area (Å²) in [6.45, 7) is 7.19. The molecule has 0 bridgehead atoms. The Hall–Kier alpha value is -2.60. The molecule has 26 heavy (non-hydrogen) atoms. The molecule has 1 aromatic carbocycles. The van der Waals surface area contributed by atoms with E-state index in [0.29, 0.717) is 17.5 Å². The fraction of sp³-hybridized carbons (Fsp3) is 0.400. The third-order valence-electron chi connectivity index (χ3n) is 5.05. The molecule has 134 valence electrons. The lowest BCUT2D eigenvalue weighted by Crippen LogP contribution is -2.33. The number of hydrogen-bond acceptors (Lipinski definition) is 6. The van der Waals surface area contributed by atoms with Crippen molar-refractivity contribution in [3.8, 4) is 11.6 Å². The fourth-order valence-corrected chi connectivity index (χ4v) is 3.39. The normalized spacial score (nSPS) is 16.1.